The van der Waals surface area contributed by atoms with Gasteiger partial charge in [0, 0.05) is 21.5 Å². The van der Waals surface area contributed by atoms with Gasteiger partial charge in [0.15, 0.2) is 0 Å². The third-order valence-electron chi connectivity index (χ3n) is 1.62. The summed E-state index contributed by atoms with van der Waals surface area (Å²) in [6, 6.07) is 5.74. The molecule has 1 rings (SSSR count). The predicted molar refractivity (Wildman–Crippen MR) is 57.8 cm³/mol. The summed E-state index contributed by atoms with van der Waals surface area (Å²) in [5.74, 6) is 0. The second-order valence-electron chi connectivity index (χ2n) is 2.48. The minimum atomic E-state index is -0.116. The van der Waals surface area contributed by atoms with Crippen LogP contribution in [0, 0.1) is 0 Å². The number of rotatable bonds is 2. The molecule has 0 saturated carbocycles. The quantitative estimate of drug-likeness (QED) is 0.878. The Bertz CT molecular complexity index is 256. The van der Waals surface area contributed by atoms with Crippen LogP contribution in [0.15, 0.2) is 27.1 Å². The molecule has 1 aromatic rings. The molecule has 4 N–H and O–H groups in total. The molecule has 66 valence electrons. The Hall–Kier alpha value is 0.1000. The zero-order valence-corrected chi connectivity index (χ0v) is 9.60. The molecular weight excluding hydrogens is 284 g/mol. The van der Waals surface area contributed by atoms with Crippen molar-refractivity contribution in [2.24, 2.45) is 11.5 Å². The molecule has 0 fully saturated rings. The van der Waals surface area contributed by atoms with E-state index in [-0.39, 0.29) is 6.04 Å². The third kappa shape index (κ3) is 2.07. The topological polar surface area (TPSA) is 52.0 Å². The van der Waals surface area contributed by atoms with Crippen molar-refractivity contribution in [1.82, 2.24) is 0 Å². The summed E-state index contributed by atoms with van der Waals surface area (Å²) in [6.45, 7) is 0.446. The summed E-state index contributed by atoms with van der Waals surface area (Å²) >= 11 is 6.85. The summed E-state index contributed by atoms with van der Waals surface area (Å²) in [5, 5.41) is 0. The van der Waals surface area contributed by atoms with Crippen molar-refractivity contribution < 1.29 is 0 Å². The minimum Gasteiger partial charge on any atom is -0.329 e. The Morgan fingerprint density at radius 3 is 2.17 bits per heavy atom. The lowest BCUT2D eigenvalue weighted by molar-refractivity contribution is 0.730. The molecule has 0 aliphatic heterocycles. The summed E-state index contributed by atoms with van der Waals surface area (Å²) < 4.78 is 1.99. The van der Waals surface area contributed by atoms with Crippen molar-refractivity contribution in [2.45, 2.75) is 6.04 Å². The lowest BCUT2D eigenvalue weighted by atomic mass is 10.1. The SMILES string of the molecule is NCC(N)c1c(Br)cccc1Br. The zero-order chi connectivity index (χ0) is 9.14. The van der Waals surface area contributed by atoms with Gasteiger partial charge in [-0.05, 0) is 17.7 Å². The number of nitrogens with two attached hydrogens (primary N) is 2. The van der Waals surface area contributed by atoms with E-state index in [2.05, 4.69) is 31.9 Å². The molecule has 1 unspecified atom stereocenters. The van der Waals surface area contributed by atoms with Crippen LogP contribution in [0.5, 0.6) is 0 Å². The lowest BCUT2D eigenvalue weighted by Crippen LogP contribution is -2.21. The van der Waals surface area contributed by atoms with Crippen LogP contribution in [0.3, 0.4) is 0 Å². The minimum absolute atomic E-state index is 0.116. The van der Waals surface area contributed by atoms with Crippen molar-refractivity contribution >= 4 is 31.9 Å². The van der Waals surface area contributed by atoms with Crippen molar-refractivity contribution in [2.75, 3.05) is 6.54 Å². The normalized spacial score (nSPS) is 13.0. The molecular formula is C8H10Br2N2. The van der Waals surface area contributed by atoms with E-state index in [1.807, 2.05) is 18.2 Å². The van der Waals surface area contributed by atoms with Gasteiger partial charge in [-0.2, -0.15) is 0 Å². The Kier molecular flexibility index (Phi) is 3.71. The Morgan fingerprint density at radius 2 is 1.75 bits per heavy atom. The fraction of sp³-hybridized carbons (Fsp3) is 0.250. The van der Waals surface area contributed by atoms with Gasteiger partial charge >= 0.3 is 0 Å². The van der Waals surface area contributed by atoms with E-state index in [0.717, 1.165) is 14.5 Å². The van der Waals surface area contributed by atoms with Gasteiger partial charge in [-0.3, -0.25) is 0 Å². The van der Waals surface area contributed by atoms with Crippen LogP contribution in [-0.4, -0.2) is 6.54 Å². The second kappa shape index (κ2) is 4.37. The molecule has 0 spiro atoms. The van der Waals surface area contributed by atoms with Gasteiger partial charge in [0.25, 0.3) is 0 Å². The highest BCUT2D eigenvalue weighted by Crippen LogP contribution is 2.28. The maximum absolute atomic E-state index is 5.81. The van der Waals surface area contributed by atoms with E-state index >= 15 is 0 Å². The second-order valence-corrected chi connectivity index (χ2v) is 4.19. The zero-order valence-electron chi connectivity index (χ0n) is 6.43. The van der Waals surface area contributed by atoms with Gasteiger partial charge in [0.2, 0.25) is 0 Å². The molecule has 0 saturated heterocycles. The van der Waals surface area contributed by atoms with Gasteiger partial charge in [0.05, 0.1) is 0 Å². The Balaban J connectivity index is 3.12. The first kappa shape index (κ1) is 10.2. The molecule has 2 nitrogen and oxygen atoms in total. The van der Waals surface area contributed by atoms with Gasteiger partial charge in [-0.1, -0.05) is 37.9 Å². The van der Waals surface area contributed by atoms with E-state index in [1.54, 1.807) is 0 Å². The maximum Gasteiger partial charge on any atom is 0.0442 e. The number of hydrogen-bond acceptors (Lipinski definition) is 2. The van der Waals surface area contributed by atoms with Crippen molar-refractivity contribution in [1.29, 1.82) is 0 Å². The molecule has 4 heteroatoms. The van der Waals surface area contributed by atoms with E-state index < -0.39 is 0 Å². The van der Waals surface area contributed by atoms with Crippen LogP contribution >= 0.6 is 31.9 Å². The smallest absolute Gasteiger partial charge is 0.0442 e. The fourth-order valence-electron chi connectivity index (χ4n) is 0.983. The van der Waals surface area contributed by atoms with Crippen molar-refractivity contribution in [3.05, 3.63) is 32.7 Å². The van der Waals surface area contributed by atoms with Crippen LogP contribution in [0.25, 0.3) is 0 Å². The van der Waals surface area contributed by atoms with Gasteiger partial charge < -0.3 is 11.5 Å². The van der Waals surface area contributed by atoms with Gasteiger partial charge in [-0.25, -0.2) is 0 Å². The van der Waals surface area contributed by atoms with Gasteiger partial charge in [0.1, 0.15) is 0 Å². The largest absolute Gasteiger partial charge is 0.329 e. The average molecular weight is 294 g/mol. The van der Waals surface area contributed by atoms with Crippen LogP contribution in [0.1, 0.15) is 11.6 Å². The Labute approximate surface area is 88.6 Å². The molecule has 0 amide bonds. The Morgan fingerprint density at radius 1 is 1.25 bits per heavy atom. The number of halogens is 2. The first-order chi connectivity index (χ1) is 5.66. The maximum atomic E-state index is 5.81. The first-order valence-corrected chi connectivity index (χ1v) is 5.15. The van der Waals surface area contributed by atoms with Crippen LogP contribution < -0.4 is 11.5 Å². The average Bonchev–Trinajstić information content (AvgIpc) is 2.03. The molecule has 0 heterocycles. The molecule has 0 aliphatic carbocycles. The third-order valence-corrected chi connectivity index (χ3v) is 3.01. The van der Waals surface area contributed by atoms with Crippen molar-refractivity contribution in [3.8, 4) is 0 Å². The van der Waals surface area contributed by atoms with Crippen LogP contribution in [-0.2, 0) is 0 Å². The van der Waals surface area contributed by atoms with E-state index in [9.17, 15) is 0 Å². The standard InChI is InChI=1S/C8H10Br2N2/c9-5-2-1-3-6(10)8(5)7(12)4-11/h1-3,7H,4,11-12H2. The molecule has 1 atom stereocenters. The summed E-state index contributed by atoms with van der Waals surface area (Å²) in [6.07, 6.45) is 0. The highest BCUT2D eigenvalue weighted by Gasteiger charge is 2.10. The highest BCUT2D eigenvalue weighted by molar-refractivity contribution is 9.11. The van der Waals surface area contributed by atoms with Gasteiger partial charge in [-0.15, -0.1) is 0 Å². The molecule has 0 aliphatic rings. The van der Waals surface area contributed by atoms with Crippen LogP contribution in [0.4, 0.5) is 0 Å². The predicted octanol–water partition coefficient (Wildman–Crippen LogP) is 2.17. The number of hydrogen-bond donors (Lipinski definition) is 2. The molecule has 1 aromatic carbocycles. The number of benzene rings is 1. The lowest BCUT2D eigenvalue weighted by Gasteiger charge is -2.12. The first-order valence-electron chi connectivity index (χ1n) is 3.56. The van der Waals surface area contributed by atoms with E-state index in [4.69, 9.17) is 11.5 Å². The highest BCUT2D eigenvalue weighted by atomic mass is 79.9. The summed E-state index contributed by atoms with van der Waals surface area (Å²) in [4.78, 5) is 0. The summed E-state index contributed by atoms with van der Waals surface area (Å²) in [7, 11) is 0. The van der Waals surface area contributed by atoms with Crippen LogP contribution in [0.2, 0.25) is 0 Å². The molecule has 0 bridgehead atoms. The molecule has 0 radical (unpaired) electrons. The van der Waals surface area contributed by atoms with Crippen molar-refractivity contribution in [3.63, 3.8) is 0 Å². The molecule has 12 heavy (non-hydrogen) atoms. The van der Waals surface area contributed by atoms with E-state index in [1.165, 1.54) is 0 Å². The molecule has 0 aromatic heterocycles. The summed E-state index contributed by atoms with van der Waals surface area (Å²) in [5.41, 5.74) is 12.3. The monoisotopic (exact) mass is 292 g/mol. The fourth-order valence-corrected chi connectivity index (χ4v) is 2.57. The van der Waals surface area contributed by atoms with E-state index in [0.29, 0.717) is 6.54 Å².